The summed E-state index contributed by atoms with van der Waals surface area (Å²) in [5.41, 5.74) is 3.49. The summed E-state index contributed by atoms with van der Waals surface area (Å²) in [6, 6.07) is 14.4. The van der Waals surface area contributed by atoms with Crippen molar-refractivity contribution in [2.75, 3.05) is 20.8 Å². The third kappa shape index (κ3) is 5.99. The van der Waals surface area contributed by atoms with Crippen LogP contribution in [-0.4, -0.2) is 26.7 Å². The van der Waals surface area contributed by atoms with Crippen LogP contribution in [0.4, 0.5) is 0 Å². The van der Waals surface area contributed by atoms with Crippen molar-refractivity contribution in [3.63, 3.8) is 0 Å². The van der Waals surface area contributed by atoms with Crippen molar-refractivity contribution in [1.82, 2.24) is 10.6 Å². The number of hydrogen-bond donors (Lipinski definition) is 2. The molecule has 0 fully saturated rings. The number of benzene rings is 2. The Balaban J connectivity index is 1.90. The van der Waals surface area contributed by atoms with E-state index in [2.05, 4.69) is 55.7 Å². The molecule has 1 atom stereocenters. The highest BCUT2D eigenvalue weighted by Gasteiger charge is 2.16. The summed E-state index contributed by atoms with van der Waals surface area (Å²) in [7, 11) is 3.20. The van der Waals surface area contributed by atoms with E-state index in [4.69, 9.17) is 9.47 Å². The molecule has 1 amide bonds. The van der Waals surface area contributed by atoms with E-state index in [1.165, 1.54) is 11.1 Å². The fourth-order valence-electron chi connectivity index (χ4n) is 3.16. The van der Waals surface area contributed by atoms with Gasteiger partial charge in [-0.05, 0) is 41.2 Å². The first-order valence-electron chi connectivity index (χ1n) is 9.78. The van der Waals surface area contributed by atoms with Crippen molar-refractivity contribution in [2.45, 2.75) is 39.8 Å². The first kappa shape index (κ1) is 21.8. The zero-order valence-electron chi connectivity index (χ0n) is 17.5. The maximum atomic E-state index is 12.3. The zero-order chi connectivity index (χ0) is 20.5. The maximum Gasteiger partial charge on any atom is 0.234 e. The smallest absolute Gasteiger partial charge is 0.234 e. The molecule has 0 saturated heterocycles. The molecule has 0 aliphatic carbocycles. The van der Waals surface area contributed by atoms with Gasteiger partial charge in [0.25, 0.3) is 0 Å². The van der Waals surface area contributed by atoms with Crippen LogP contribution in [0.5, 0.6) is 11.5 Å². The van der Waals surface area contributed by atoms with Gasteiger partial charge in [-0.3, -0.25) is 4.79 Å². The fraction of sp³-hybridized carbons (Fsp3) is 0.435. The van der Waals surface area contributed by atoms with E-state index in [1.807, 2.05) is 18.2 Å². The number of hydrogen-bond acceptors (Lipinski definition) is 4. The molecule has 0 spiro atoms. The van der Waals surface area contributed by atoms with Gasteiger partial charge in [0.1, 0.15) is 0 Å². The maximum absolute atomic E-state index is 12.3. The molecule has 0 aliphatic heterocycles. The van der Waals surface area contributed by atoms with Crippen molar-refractivity contribution < 1.29 is 14.3 Å². The van der Waals surface area contributed by atoms with Gasteiger partial charge >= 0.3 is 0 Å². The van der Waals surface area contributed by atoms with Crippen LogP contribution in [-0.2, 0) is 17.8 Å². The molecule has 0 radical (unpaired) electrons. The van der Waals surface area contributed by atoms with Gasteiger partial charge in [0.05, 0.1) is 20.8 Å². The quantitative estimate of drug-likeness (QED) is 0.653. The second-order valence-corrected chi connectivity index (χ2v) is 7.16. The van der Waals surface area contributed by atoms with E-state index in [1.54, 1.807) is 14.2 Å². The molecule has 0 saturated carbocycles. The van der Waals surface area contributed by atoms with Gasteiger partial charge in [0.15, 0.2) is 11.5 Å². The SMILES string of the molecule is CCc1ccc([C@@H](NCC(=O)NCc2ccc(OC)c(OC)c2)C(C)C)cc1. The van der Waals surface area contributed by atoms with Crippen LogP contribution in [0.1, 0.15) is 43.5 Å². The van der Waals surface area contributed by atoms with Crippen LogP contribution in [0.2, 0.25) is 0 Å². The Hall–Kier alpha value is -2.53. The van der Waals surface area contributed by atoms with E-state index in [0.29, 0.717) is 24.0 Å². The summed E-state index contributed by atoms with van der Waals surface area (Å²) >= 11 is 0. The number of ether oxygens (including phenoxy) is 2. The summed E-state index contributed by atoms with van der Waals surface area (Å²) < 4.78 is 10.5. The molecular formula is C23H32N2O3. The highest BCUT2D eigenvalue weighted by Crippen LogP contribution is 2.27. The monoisotopic (exact) mass is 384 g/mol. The van der Waals surface area contributed by atoms with Crippen LogP contribution >= 0.6 is 0 Å². The van der Waals surface area contributed by atoms with Crippen LogP contribution in [0.15, 0.2) is 42.5 Å². The summed E-state index contributed by atoms with van der Waals surface area (Å²) in [6.45, 7) is 7.18. The van der Waals surface area contributed by atoms with Gasteiger partial charge < -0.3 is 20.1 Å². The Morgan fingerprint density at radius 2 is 1.61 bits per heavy atom. The van der Waals surface area contributed by atoms with E-state index < -0.39 is 0 Å². The predicted octanol–water partition coefficient (Wildman–Crippen LogP) is 3.87. The van der Waals surface area contributed by atoms with E-state index >= 15 is 0 Å². The summed E-state index contributed by atoms with van der Waals surface area (Å²) in [4.78, 5) is 12.3. The van der Waals surface area contributed by atoms with Crippen LogP contribution in [0, 0.1) is 5.92 Å². The number of nitrogens with one attached hydrogen (secondary N) is 2. The molecule has 0 aromatic heterocycles. The molecule has 5 heteroatoms. The average Bonchev–Trinajstić information content (AvgIpc) is 2.72. The van der Waals surface area contributed by atoms with Gasteiger partial charge in [-0.2, -0.15) is 0 Å². The van der Waals surface area contributed by atoms with E-state index in [0.717, 1.165) is 12.0 Å². The van der Waals surface area contributed by atoms with Crippen LogP contribution in [0.25, 0.3) is 0 Å². The van der Waals surface area contributed by atoms with Crippen molar-refractivity contribution in [1.29, 1.82) is 0 Å². The fourth-order valence-corrected chi connectivity index (χ4v) is 3.16. The predicted molar refractivity (Wildman–Crippen MR) is 113 cm³/mol. The number of amides is 1. The molecule has 0 heterocycles. The Bertz CT molecular complexity index is 757. The Kier molecular flexibility index (Phi) is 8.33. The summed E-state index contributed by atoms with van der Waals surface area (Å²) in [5.74, 6) is 1.67. The van der Waals surface area contributed by atoms with E-state index in [9.17, 15) is 4.79 Å². The molecular weight excluding hydrogens is 352 g/mol. The highest BCUT2D eigenvalue weighted by molar-refractivity contribution is 5.78. The second kappa shape index (κ2) is 10.7. The Labute approximate surface area is 168 Å². The molecule has 5 nitrogen and oxygen atoms in total. The normalized spacial score (nSPS) is 11.9. The van der Waals surface area contributed by atoms with Gasteiger partial charge in [0, 0.05) is 12.6 Å². The lowest BCUT2D eigenvalue weighted by Crippen LogP contribution is -2.37. The first-order valence-corrected chi connectivity index (χ1v) is 9.78. The Morgan fingerprint density at radius 3 is 2.18 bits per heavy atom. The lowest BCUT2D eigenvalue weighted by molar-refractivity contribution is -0.120. The number of aryl methyl sites for hydroxylation is 1. The van der Waals surface area contributed by atoms with Crippen molar-refractivity contribution in [3.8, 4) is 11.5 Å². The van der Waals surface area contributed by atoms with E-state index in [-0.39, 0.29) is 18.5 Å². The number of methoxy groups -OCH3 is 2. The molecule has 28 heavy (non-hydrogen) atoms. The number of carbonyl (C=O) groups is 1. The third-order valence-electron chi connectivity index (χ3n) is 4.83. The molecule has 2 rings (SSSR count). The molecule has 2 aromatic carbocycles. The summed E-state index contributed by atoms with van der Waals surface area (Å²) in [5, 5.41) is 6.35. The van der Waals surface area contributed by atoms with Gasteiger partial charge in [0.2, 0.25) is 5.91 Å². The van der Waals surface area contributed by atoms with Crippen LogP contribution in [0.3, 0.4) is 0 Å². The second-order valence-electron chi connectivity index (χ2n) is 7.16. The van der Waals surface area contributed by atoms with Crippen molar-refractivity contribution in [3.05, 3.63) is 59.2 Å². The molecule has 0 bridgehead atoms. The van der Waals surface area contributed by atoms with Crippen molar-refractivity contribution in [2.24, 2.45) is 5.92 Å². The topological polar surface area (TPSA) is 59.6 Å². The third-order valence-corrected chi connectivity index (χ3v) is 4.83. The average molecular weight is 385 g/mol. The number of carbonyl (C=O) groups excluding carboxylic acids is 1. The van der Waals surface area contributed by atoms with Crippen molar-refractivity contribution >= 4 is 5.91 Å². The molecule has 152 valence electrons. The molecule has 0 aliphatic rings. The molecule has 0 unspecified atom stereocenters. The highest BCUT2D eigenvalue weighted by atomic mass is 16.5. The lowest BCUT2D eigenvalue weighted by atomic mass is 9.95. The Morgan fingerprint density at radius 1 is 0.964 bits per heavy atom. The first-order chi connectivity index (χ1) is 13.5. The van der Waals surface area contributed by atoms with Gasteiger partial charge in [-0.25, -0.2) is 0 Å². The minimum Gasteiger partial charge on any atom is -0.493 e. The lowest BCUT2D eigenvalue weighted by Gasteiger charge is -2.23. The van der Waals surface area contributed by atoms with Gasteiger partial charge in [-0.1, -0.05) is 51.1 Å². The minimum atomic E-state index is -0.0365. The minimum absolute atomic E-state index is 0.0365. The van der Waals surface area contributed by atoms with Gasteiger partial charge in [-0.15, -0.1) is 0 Å². The van der Waals surface area contributed by atoms with Crippen LogP contribution < -0.4 is 20.1 Å². The molecule has 2 aromatic rings. The summed E-state index contributed by atoms with van der Waals surface area (Å²) in [6.07, 6.45) is 1.03. The largest absolute Gasteiger partial charge is 0.493 e. The number of rotatable bonds is 10. The standard InChI is InChI=1S/C23H32N2O3/c1-6-17-7-10-19(11-8-17)23(16(2)3)25-15-22(26)24-14-18-9-12-20(27-4)21(13-18)28-5/h7-13,16,23,25H,6,14-15H2,1-5H3,(H,24,26)/t23-/m0/s1. The zero-order valence-corrected chi connectivity index (χ0v) is 17.5. The molecule has 2 N–H and O–H groups in total.